The van der Waals surface area contributed by atoms with E-state index in [1.165, 1.54) is 0 Å². The molecule has 0 saturated heterocycles. The first-order valence-corrected chi connectivity index (χ1v) is 4.31. The summed E-state index contributed by atoms with van der Waals surface area (Å²) >= 11 is 0. The second-order valence-corrected chi connectivity index (χ2v) is 4.41. The van der Waals surface area contributed by atoms with Crippen molar-refractivity contribution in [1.29, 1.82) is 0 Å². The van der Waals surface area contributed by atoms with E-state index < -0.39 is 0 Å². The minimum Gasteiger partial charge on any atom is -0.332 e. The van der Waals surface area contributed by atoms with Crippen LogP contribution in [-0.2, 0) is 0 Å². The zero-order chi connectivity index (χ0) is 9.78. The Bertz CT molecular complexity index is 147. The summed E-state index contributed by atoms with van der Waals surface area (Å²) in [5.41, 5.74) is -0.183. The number of amides is 2. The Hall–Kier alpha value is -0.730. The number of carbonyl (C=O) groups is 1. The Morgan fingerprint density at radius 3 is 2.25 bits per heavy atom. The van der Waals surface area contributed by atoms with E-state index >= 15 is 0 Å². The van der Waals surface area contributed by atoms with Crippen molar-refractivity contribution in [3.8, 4) is 0 Å². The molecule has 0 saturated carbocycles. The minimum absolute atomic E-state index is 0.183. The van der Waals surface area contributed by atoms with Gasteiger partial charge in [0.25, 0.3) is 0 Å². The number of hydrogen-bond donors (Lipinski definition) is 1. The van der Waals surface area contributed by atoms with Gasteiger partial charge in [-0.05, 0) is 26.7 Å². The third kappa shape index (κ3) is 7.38. The highest BCUT2D eigenvalue weighted by atomic mass is 16.2. The SMILES string of the molecule is CC(C)C[N]C(=O)NC(C)(C)C. The van der Waals surface area contributed by atoms with E-state index in [9.17, 15) is 4.79 Å². The molecule has 0 aromatic rings. The maximum absolute atomic E-state index is 11.1. The maximum atomic E-state index is 11.1. The third-order valence-corrected chi connectivity index (χ3v) is 1.08. The van der Waals surface area contributed by atoms with Crippen molar-refractivity contribution in [2.24, 2.45) is 5.92 Å². The van der Waals surface area contributed by atoms with Gasteiger partial charge in [-0.3, -0.25) is 0 Å². The fourth-order valence-corrected chi connectivity index (χ4v) is 0.626. The molecule has 3 nitrogen and oxygen atoms in total. The van der Waals surface area contributed by atoms with Gasteiger partial charge in [-0.25, -0.2) is 10.1 Å². The Kier molecular flexibility index (Phi) is 4.07. The van der Waals surface area contributed by atoms with Gasteiger partial charge in [-0.1, -0.05) is 13.8 Å². The van der Waals surface area contributed by atoms with Crippen LogP contribution in [0.5, 0.6) is 0 Å². The van der Waals surface area contributed by atoms with Crippen molar-refractivity contribution in [3.05, 3.63) is 0 Å². The van der Waals surface area contributed by atoms with Crippen LogP contribution in [0.3, 0.4) is 0 Å². The van der Waals surface area contributed by atoms with Crippen LogP contribution in [0.1, 0.15) is 34.6 Å². The predicted molar refractivity (Wildman–Crippen MR) is 50.1 cm³/mol. The highest BCUT2D eigenvalue weighted by Gasteiger charge is 2.13. The van der Waals surface area contributed by atoms with Crippen LogP contribution < -0.4 is 10.6 Å². The average Bonchev–Trinajstić information content (AvgIpc) is 1.79. The van der Waals surface area contributed by atoms with Crippen molar-refractivity contribution in [1.82, 2.24) is 10.6 Å². The fourth-order valence-electron chi connectivity index (χ4n) is 0.626. The molecule has 0 unspecified atom stereocenters. The van der Waals surface area contributed by atoms with Crippen molar-refractivity contribution >= 4 is 6.03 Å². The fraction of sp³-hybridized carbons (Fsp3) is 0.889. The quantitative estimate of drug-likeness (QED) is 0.676. The van der Waals surface area contributed by atoms with Gasteiger partial charge in [0.1, 0.15) is 0 Å². The predicted octanol–water partition coefficient (Wildman–Crippen LogP) is 1.75. The summed E-state index contributed by atoms with van der Waals surface area (Å²) < 4.78 is 0. The molecule has 2 amide bonds. The van der Waals surface area contributed by atoms with Crippen molar-refractivity contribution in [2.45, 2.75) is 40.2 Å². The summed E-state index contributed by atoms with van der Waals surface area (Å²) in [7, 11) is 0. The molecule has 0 atom stereocenters. The van der Waals surface area contributed by atoms with E-state index in [-0.39, 0.29) is 11.6 Å². The minimum atomic E-state index is -0.212. The highest BCUT2D eigenvalue weighted by Crippen LogP contribution is 1.98. The molecule has 71 valence electrons. The van der Waals surface area contributed by atoms with E-state index in [1.54, 1.807) is 0 Å². The molecule has 0 spiro atoms. The van der Waals surface area contributed by atoms with Crippen LogP contribution in [0.15, 0.2) is 0 Å². The van der Waals surface area contributed by atoms with Gasteiger partial charge in [0.15, 0.2) is 0 Å². The molecule has 0 aliphatic rings. The van der Waals surface area contributed by atoms with Crippen LogP contribution in [0, 0.1) is 5.92 Å². The van der Waals surface area contributed by atoms with Gasteiger partial charge in [-0.2, -0.15) is 0 Å². The lowest BCUT2D eigenvalue weighted by Gasteiger charge is -2.20. The molecule has 0 aromatic carbocycles. The molecule has 0 aliphatic carbocycles. The highest BCUT2D eigenvalue weighted by molar-refractivity contribution is 5.74. The topological polar surface area (TPSA) is 43.2 Å². The molecule has 0 rings (SSSR count). The number of nitrogens with one attached hydrogen (secondary N) is 1. The van der Waals surface area contributed by atoms with E-state index in [2.05, 4.69) is 10.6 Å². The average molecular weight is 171 g/mol. The number of carbonyl (C=O) groups excluding carboxylic acids is 1. The maximum Gasteiger partial charge on any atom is 0.336 e. The lowest BCUT2D eigenvalue weighted by Crippen LogP contribution is -2.44. The normalized spacial score (nSPS) is 11.5. The smallest absolute Gasteiger partial charge is 0.332 e. The second-order valence-electron chi connectivity index (χ2n) is 4.41. The van der Waals surface area contributed by atoms with E-state index in [1.807, 2.05) is 34.6 Å². The van der Waals surface area contributed by atoms with Gasteiger partial charge >= 0.3 is 6.03 Å². The molecule has 0 fully saturated rings. The number of nitrogens with zero attached hydrogens (tertiary/aromatic N) is 1. The molecular formula is C9H19N2O. The van der Waals surface area contributed by atoms with Crippen LogP contribution in [0.4, 0.5) is 4.79 Å². The van der Waals surface area contributed by atoms with E-state index in [0.29, 0.717) is 12.5 Å². The summed E-state index contributed by atoms with van der Waals surface area (Å²) in [5, 5.41) is 6.63. The molecule has 0 aromatic heterocycles. The Balaban J connectivity index is 3.61. The second kappa shape index (κ2) is 4.33. The van der Waals surface area contributed by atoms with Gasteiger partial charge in [0.05, 0.1) is 0 Å². The Morgan fingerprint density at radius 1 is 1.42 bits per heavy atom. The van der Waals surface area contributed by atoms with Crippen LogP contribution in [-0.4, -0.2) is 18.1 Å². The van der Waals surface area contributed by atoms with Crippen molar-refractivity contribution < 1.29 is 4.79 Å². The summed E-state index contributed by atoms with van der Waals surface area (Å²) in [6.45, 7) is 10.5. The monoisotopic (exact) mass is 171 g/mol. The number of rotatable bonds is 2. The summed E-state index contributed by atoms with van der Waals surface area (Å²) in [5.74, 6) is 0.440. The van der Waals surface area contributed by atoms with Gasteiger partial charge in [0, 0.05) is 12.1 Å². The third-order valence-electron chi connectivity index (χ3n) is 1.08. The van der Waals surface area contributed by atoms with E-state index in [0.717, 1.165) is 0 Å². The molecule has 0 aliphatic heterocycles. The zero-order valence-corrected chi connectivity index (χ0v) is 8.64. The molecule has 1 radical (unpaired) electrons. The lowest BCUT2D eigenvalue weighted by atomic mass is 10.1. The standard InChI is InChI=1S/C9H19N2O/c1-7(2)6-10-8(12)11-9(3,4)5/h7H,6H2,1-5H3,(H,11,12). The Labute approximate surface area is 74.9 Å². The largest absolute Gasteiger partial charge is 0.336 e. The zero-order valence-electron chi connectivity index (χ0n) is 8.64. The van der Waals surface area contributed by atoms with Crippen LogP contribution in [0.2, 0.25) is 0 Å². The summed E-state index contributed by atoms with van der Waals surface area (Å²) in [6, 6.07) is -0.212. The van der Waals surface area contributed by atoms with E-state index in [4.69, 9.17) is 0 Å². The van der Waals surface area contributed by atoms with Crippen LogP contribution in [0.25, 0.3) is 0 Å². The molecule has 1 N–H and O–H groups in total. The lowest BCUT2D eigenvalue weighted by molar-refractivity contribution is 0.230. The van der Waals surface area contributed by atoms with Crippen LogP contribution >= 0.6 is 0 Å². The van der Waals surface area contributed by atoms with Gasteiger partial charge in [0.2, 0.25) is 0 Å². The summed E-state index contributed by atoms with van der Waals surface area (Å²) in [6.07, 6.45) is 0. The van der Waals surface area contributed by atoms with Crippen molar-refractivity contribution in [3.63, 3.8) is 0 Å². The molecule has 12 heavy (non-hydrogen) atoms. The van der Waals surface area contributed by atoms with Gasteiger partial charge < -0.3 is 5.32 Å². The first kappa shape index (κ1) is 11.3. The first-order valence-electron chi connectivity index (χ1n) is 4.31. The van der Waals surface area contributed by atoms with Crippen molar-refractivity contribution in [2.75, 3.05) is 6.54 Å². The first-order chi connectivity index (χ1) is 5.31. The van der Waals surface area contributed by atoms with Gasteiger partial charge in [-0.15, -0.1) is 0 Å². The molecule has 0 bridgehead atoms. The Morgan fingerprint density at radius 2 is 1.92 bits per heavy atom. The number of hydrogen-bond acceptors (Lipinski definition) is 1. The molecule has 0 heterocycles. The molecular weight excluding hydrogens is 152 g/mol. The summed E-state index contributed by atoms with van der Waals surface area (Å²) in [4.78, 5) is 11.1. The molecule has 3 heteroatoms. The number of urea groups is 1.